The summed E-state index contributed by atoms with van der Waals surface area (Å²) in [5, 5.41) is 3.93. The summed E-state index contributed by atoms with van der Waals surface area (Å²) in [6.45, 7) is 9.93. The molecule has 1 amide bonds. The maximum Gasteiger partial charge on any atom is 0.327 e. The first-order chi connectivity index (χ1) is 18.4. The molecule has 10 heteroatoms. The SMILES string of the molecule is CCNC(=O)n1cnc2cc(Cl)c(N3CCN(C4CCN(Cc5ccc(Cl)cc5F)CC4)[C@@H](CC)C3)cc21. The van der Waals surface area contributed by atoms with Crippen LogP contribution in [0.2, 0.25) is 10.0 Å². The summed E-state index contributed by atoms with van der Waals surface area (Å²) in [7, 11) is 0. The standard InChI is InChI=1S/C28H35Cl2FN6O/c1-3-21-17-35(26-15-27-25(14-23(26)30)33-18-37(27)28(38)32-4-2)11-12-36(21)22-7-9-34(10-8-22)16-19-5-6-20(29)13-24(19)31/h5-6,13-15,18,21-22H,3-4,7-12,16-17H2,1-2H3,(H,32,38)/t21-/m0/s1. The number of likely N-dealkylation sites (tertiary alicyclic amines) is 1. The van der Waals surface area contributed by atoms with Gasteiger partial charge < -0.3 is 10.2 Å². The largest absolute Gasteiger partial charge is 0.367 e. The highest BCUT2D eigenvalue weighted by Crippen LogP contribution is 2.34. The van der Waals surface area contributed by atoms with E-state index in [-0.39, 0.29) is 11.8 Å². The van der Waals surface area contributed by atoms with Gasteiger partial charge in [-0.3, -0.25) is 14.4 Å². The van der Waals surface area contributed by atoms with Crippen LogP contribution in [0.5, 0.6) is 0 Å². The summed E-state index contributed by atoms with van der Waals surface area (Å²) in [5.41, 5.74) is 3.12. The maximum absolute atomic E-state index is 14.3. The molecule has 2 aliphatic rings. The number of benzene rings is 2. The number of nitrogens with zero attached hydrogens (tertiary/aromatic N) is 5. The van der Waals surface area contributed by atoms with E-state index in [0.29, 0.717) is 46.3 Å². The molecule has 38 heavy (non-hydrogen) atoms. The lowest BCUT2D eigenvalue weighted by Crippen LogP contribution is -2.58. The highest BCUT2D eigenvalue weighted by molar-refractivity contribution is 6.34. The molecule has 5 rings (SSSR count). The predicted octanol–water partition coefficient (Wildman–Crippen LogP) is 5.63. The molecule has 2 fully saturated rings. The number of halogens is 3. The lowest BCUT2D eigenvalue weighted by atomic mass is 9.97. The number of piperazine rings is 1. The molecule has 7 nitrogen and oxygen atoms in total. The topological polar surface area (TPSA) is 56.6 Å². The zero-order valence-corrected chi connectivity index (χ0v) is 23.5. The average Bonchev–Trinajstić information content (AvgIpc) is 3.33. The van der Waals surface area contributed by atoms with Crippen LogP contribution in [-0.2, 0) is 6.54 Å². The minimum absolute atomic E-state index is 0.190. The van der Waals surface area contributed by atoms with E-state index in [2.05, 4.69) is 31.9 Å². The molecule has 0 spiro atoms. The second-order valence-electron chi connectivity index (χ2n) is 10.2. The average molecular weight is 562 g/mol. The molecule has 0 aliphatic carbocycles. The molecule has 0 bridgehead atoms. The van der Waals surface area contributed by atoms with Crippen LogP contribution in [-0.4, -0.2) is 76.7 Å². The van der Waals surface area contributed by atoms with Crippen molar-refractivity contribution in [3.63, 3.8) is 0 Å². The highest BCUT2D eigenvalue weighted by atomic mass is 35.5. The van der Waals surface area contributed by atoms with E-state index in [4.69, 9.17) is 23.2 Å². The van der Waals surface area contributed by atoms with Crippen molar-refractivity contribution in [1.82, 2.24) is 24.7 Å². The number of rotatable bonds is 6. The highest BCUT2D eigenvalue weighted by Gasteiger charge is 2.34. The Hall–Kier alpha value is -2.39. The van der Waals surface area contributed by atoms with Crippen molar-refractivity contribution in [3.8, 4) is 0 Å². The molecular formula is C28H35Cl2FN6O. The van der Waals surface area contributed by atoms with Crippen molar-refractivity contribution >= 4 is 46.0 Å². The van der Waals surface area contributed by atoms with Gasteiger partial charge in [-0.05, 0) is 63.5 Å². The zero-order chi connectivity index (χ0) is 26.8. The number of nitrogens with one attached hydrogen (secondary N) is 1. The Morgan fingerprint density at radius 1 is 1.11 bits per heavy atom. The first kappa shape index (κ1) is 27.2. The van der Waals surface area contributed by atoms with Gasteiger partial charge >= 0.3 is 6.03 Å². The smallest absolute Gasteiger partial charge is 0.327 e. The summed E-state index contributed by atoms with van der Waals surface area (Å²) in [4.78, 5) is 24.2. The second-order valence-corrected chi connectivity index (χ2v) is 11.1. The Labute approximate surface area is 233 Å². The minimum Gasteiger partial charge on any atom is -0.367 e. The van der Waals surface area contributed by atoms with E-state index < -0.39 is 0 Å². The van der Waals surface area contributed by atoms with Gasteiger partial charge in [-0.25, -0.2) is 14.2 Å². The van der Waals surface area contributed by atoms with E-state index in [1.54, 1.807) is 23.0 Å². The van der Waals surface area contributed by atoms with Crippen LogP contribution in [0.25, 0.3) is 11.0 Å². The molecule has 2 aromatic carbocycles. The number of carbonyl (C=O) groups excluding carboxylic acids is 1. The Kier molecular flexibility index (Phi) is 8.43. The molecule has 1 atom stereocenters. The van der Waals surface area contributed by atoms with Gasteiger partial charge in [0.05, 0.1) is 21.7 Å². The van der Waals surface area contributed by atoms with Crippen molar-refractivity contribution in [2.75, 3.05) is 44.2 Å². The fourth-order valence-electron chi connectivity index (χ4n) is 5.89. The van der Waals surface area contributed by atoms with Gasteiger partial charge in [0.2, 0.25) is 0 Å². The summed E-state index contributed by atoms with van der Waals surface area (Å²) in [6, 6.07) is 9.54. The quantitative estimate of drug-likeness (QED) is 0.423. The Balaban J connectivity index is 1.24. The van der Waals surface area contributed by atoms with Crippen molar-refractivity contribution < 1.29 is 9.18 Å². The molecule has 0 radical (unpaired) electrons. The third kappa shape index (κ3) is 5.64. The lowest BCUT2D eigenvalue weighted by Gasteiger charge is -2.48. The summed E-state index contributed by atoms with van der Waals surface area (Å²) < 4.78 is 15.8. The third-order valence-corrected chi connectivity index (χ3v) is 8.48. The van der Waals surface area contributed by atoms with Crippen LogP contribution in [0.3, 0.4) is 0 Å². The number of fused-ring (bicyclic) bond motifs is 1. The van der Waals surface area contributed by atoms with Crippen molar-refractivity contribution in [3.05, 3.63) is 58.1 Å². The van der Waals surface area contributed by atoms with Gasteiger partial charge in [0.1, 0.15) is 12.1 Å². The molecular weight excluding hydrogens is 526 g/mol. The third-order valence-electron chi connectivity index (χ3n) is 7.94. The second kappa shape index (κ2) is 11.8. The van der Waals surface area contributed by atoms with E-state index >= 15 is 0 Å². The monoisotopic (exact) mass is 560 g/mol. The van der Waals surface area contributed by atoms with Crippen molar-refractivity contribution in [1.29, 1.82) is 0 Å². The summed E-state index contributed by atoms with van der Waals surface area (Å²) in [5.74, 6) is -0.229. The van der Waals surface area contributed by atoms with Gasteiger partial charge in [-0.1, -0.05) is 36.2 Å². The molecule has 204 valence electrons. The molecule has 1 aromatic heterocycles. The van der Waals surface area contributed by atoms with Gasteiger partial charge in [-0.15, -0.1) is 0 Å². The van der Waals surface area contributed by atoms with Crippen LogP contribution in [0.1, 0.15) is 38.7 Å². The number of piperidine rings is 1. The Morgan fingerprint density at radius 3 is 2.61 bits per heavy atom. The van der Waals surface area contributed by atoms with Crippen LogP contribution in [0.4, 0.5) is 14.9 Å². The number of anilines is 1. The molecule has 3 aromatic rings. The van der Waals surface area contributed by atoms with Crippen LogP contribution in [0, 0.1) is 5.82 Å². The summed E-state index contributed by atoms with van der Waals surface area (Å²) >= 11 is 12.6. The number of carbonyl (C=O) groups is 1. The van der Waals surface area contributed by atoms with Crippen LogP contribution >= 0.6 is 23.2 Å². The van der Waals surface area contributed by atoms with E-state index in [1.165, 1.54) is 6.07 Å². The molecule has 3 heterocycles. The number of aromatic nitrogens is 2. The number of imidazole rings is 1. The molecule has 2 aliphatic heterocycles. The van der Waals surface area contributed by atoms with Crippen LogP contribution < -0.4 is 10.2 Å². The fraction of sp³-hybridized carbons (Fsp3) is 0.500. The first-order valence-electron chi connectivity index (χ1n) is 13.5. The summed E-state index contributed by atoms with van der Waals surface area (Å²) in [6.07, 6.45) is 4.74. The Bertz CT molecular complexity index is 1290. The van der Waals surface area contributed by atoms with E-state index in [9.17, 15) is 9.18 Å². The predicted molar refractivity (Wildman–Crippen MR) is 152 cm³/mol. The molecule has 0 unspecified atom stereocenters. The van der Waals surface area contributed by atoms with E-state index in [0.717, 1.165) is 63.2 Å². The zero-order valence-electron chi connectivity index (χ0n) is 22.0. The van der Waals surface area contributed by atoms with Gasteiger partial charge in [0.25, 0.3) is 0 Å². The first-order valence-corrected chi connectivity index (χ1v) is 14.2. The van der Waals surface area contributed by atoms with E-state index in [1.807, 2.05) is 19.1 Å². The fourth-order valence-corrected chi connectivity index (χ4v) is 6.33. The molecule has 0 saturated carbocycles. The maximum atomic E-state index is 14.3. The van der Waals surface area contributed by atoms with Gasteiger partial charge in [-0.2, -0.15) is 0 Å². The molecule has 2 saturated heterocycles. The normalized spacial score (nSPS) is 19.8. The molecule has 1 N–H and O–H groups in total. The van der Waals surface area contributed by atoms with Gasteiger partial charge in [0, 0.05) is 55.4 Å². The van der Waals surface area contributed by atoms with Crippen molar-refractivity contribution in [2.45, 2.75) is 51.7 Å². The minimum atomic E-state index is -0.229. The number of hydrogen-bond donors (Lipinski definition) is 1. The Morgan fingerprint density at radius 2 is 1.89 bits per heavy atom. The number of hydrogen-bond acceptors (Lipinski definition) is 5. The number of amides is 1. The van der Waals surface area contributed by atoms with Gasteiger partial charge in [0.15, 0.2) is 0 Å². The van der Waals surface area contributed by atoms with Crippen molar-refractivity contribution in [2.24, 2.45) is 0 Å². The lowest BCUT2D eigenvalue weighted by molar-refractivity contribution is 0.0609. The van der Waals surface area contributed by atoms with Crippen LogP contribution in [0.15, 0.2) is 36.7 Å².